The smallest absolute Gasteiger partial charge is 0.255 e. The van der Waals surface area contributed by atoms with Crippen molar-refractivity contribution in [3.8, 4) is 22.9 Å². The number of amides is 1. The van der Waals surface area contributed by atoms with Gasteiger partial charge in [-0.15, -0.1) is 0 Å². The van der Waals surface area contributed by atoms with Crippen LogP contribution < -0.4 is 9.47 Å². The SMILES string of the molecule is CCN(Cc1nc(-c2ccc(OC)c(OC)c2)no1)C(=O)c1ccccc1Cl. The van der Waals surface area contributed by atoms with Crippen LogP contribution in [0.25, 0.3) is 11.4 Å². The van der Waals surface area contributed by atoms with Crippen LogP contribution in [0.1, 0.15) is 23.2 Å². The van der Waals surface area contributed by atoms with Gasteiger partial charge in [0.05, 0.1) is 24.8 Å². The van der Waals surface area contributed by atoms with E-state index < -0.39 is 0 Å². The number of rotatable bonds is 7. The number of ether oxygens (including phenoxy) is 2. The molecule has 0 bridgehead atoms. The van der Waals surface area contributed by atoms with Gasteiger partial charge in [-0.2, -0.15) is 4.98 Å². The van der Waals surface area contributed by atoms with Gasteiger partial charge in [-0.05, 0) is 37.3 Å². The van der Waals surface area contributed by atoms with Gasteiger partial charge in [0.25, 0.3) is 5.91 Å². The molecular formula is C20H20ClN3O4. The third kappa shape index (κ3) is 4.09. The Bertz CT molecular complexity index is 974. The van der Waals surface area contributed by atoms with Crippen molar-refractivity contribution in [2.24, 2.45) is 0 Å². The Kier molecular flexibility index (Phi) is 6.16. The second kappa shape index (κ2) is 8.75. The fourth-order valence-corrected chi connectivity index (χ4v) is 2.92. The van der Waals surface area contributed by atoms with Crippen molar-refractivity contribution >= 4 is 17.5 Å². The Balaban J connectivity index is 1.80. The first-order valence-corrected chi connectivity index (χ1v) is 9.04. The van der Waals surface area contributed by atoms with E-state index in [-0.39, 0.29) is 12.5 Å². The summed E-state index contributed by atoms with van der Waals surface area (Å²) in [6.45, 7) is 2.53. The zero-order chi connectivity index (χ0) is 20.1. The molecule has 1 amide bonds. The van der Waals surface area contributed by atoms with Crippen molar-refractivity contribution in [3.63, 3.8) is 0 Å². The molecule has 0 spiro atoms. The maximum atomic E-state index is 12.8. The average Bonchev–Trinajstić information content (AvgIpc) is 3.20. The Labute approximate surface area is 167 Å². The van der Waals surface area contributed by atoms with Crippen LogP contribution in [0.4, 0.5) is 0 Å². The normalized spacial score (nSPS) is 10.6. The molecule has 2 aromatic carbocycles. The minimum Gasteiger partial charge on any atom is -0.493 e. The molecule has 146 valence electrons. The van der Waals surface area contributed by atoms with E-state index in [9.17, 15) is 4.79 Å². The number of hydrogen-bond donors (Lipinski definition) is 0. The van der Waals surface area contributed by atoms with Gasteiger partial charge in [-0.25, -0.2) is 0 Å². The minimum absolute atomic E-state index is 0.181. The summed E-state index contributed by atoms with van der Waals surface area (Å²) >= 11 is 6.14. The van der Waals surface area contributed by atoms with Crippen LogP contribution in [0.3, 0.4) is 0 Å². The maximum absolute atomic E-state index is 12.8. The Hall–Kier alpha value is -3.06. The Morgan fingerprint density at radius 2 is 1.89 bits per heavy atom. The summed E-state index contributed by atoms with van der Waals surface area (Å²) in [6, 6.07) is 12.3. The quantitative estimate of drug-likeness (QED) is 0.593. The summed E-state index contributed by atoms with van der Waals surface area (Å²) in [5.74, 6) is 1.70. The molecule has 0 saturated carbocycles. The lowest BCUT2D eigenvalue weighted by Gasteiger charge is -2.19. The van der Waals surface area contributed by atoms with Crippen LogP contribution in [0.5, 0.6) is 11.5 Å². The van der Waals surface area contributed by atoms with Crippen molar-refractivity contribution in [2.75, 3.05) is 20.8 Å². The van der Waals surface area contributed by atoms with Crippen LogP contribution >= 0.6 is 11.6 Å². The first kappa shape index (κ1) is 19.7. The molecule has 0 radical (unpaired) electrons. The summed E-state index contributed by atoms with van der Waals surface area (Å²) in [5, 5.41) is 4.41. The van der Waals surface area contributed by atoms with Crippen LogP contribution in [0.2, 0.25) is 5.02 Å². The third-order valence-electron chi connectivity index (χ3n) is 4.21. The standard InChI is InChI=1S/C20H20ClN3O4/c1-4-24(20(25)14-7-5-6-8-15(14)21)12-18-22-19(23-28-18)13-9-10-16(26-2)17(11-13)27-3/h5-11H,4,12H2,1-3H3. The molecule has 3 rings (SSSR count). The van der Waals surface area contributed by atoms with E-state index in [2.05, 4.69) is 10.1 Å². The van der Waals surface area contributed by atoms with Crippen LogP contribution in [-0.4, -0.2) is 41.7 Å². The highest BCUT2D eigenvalue weighted by atomic mass is 35.5. The number of carbonyl (C=O) groups is 1. The van der Waals surface area contributed by atoms with Crippen molar-refractivity contribution in [2.45, 2.75) is 13.5 Å². The molecule has 3 aromatic rings. The van der Waals surface area contributed by atoms with Gasteiger partial charge >= 0.3 is 0 Å². The van der Waals surface area contributed by atoms with E-state index in [1.165, 1.54) is 0 Å². The molecule has 0 fully saturated rings. The number of nitrogens with zero attached hydrogens (tertiary/aromatic N) is 3. The molecule has 0 atom stereocenters. The first-order chi connectivity index (χ1) is 13.6. The maximum Gasteiger partial charge on any atom is 0.255 e. The fraction of sp³-hybridized carbons (Fsp3) is 0.250. The molecule has 7 nitrogen and oxygen atoms in total. The number of hydrogen-bond acceptors (Lipinski definition) is 6. The number of aromatic nitrogens is 2. The third-order valence-corrected chi connectivity index (χ3v) is 4.54. The van der Waals surface area contributed by atoms with Gasteiger partial charge in [0.15, 0.2) is 11.5 Å². The molecule has 0 aliphatic heterocycles. The number of halogens is 1. The lowest BCUT2D eigenvalue weighted by atomic mass is 10.2. The van der Waals surface area contributed by atoms with Gasteiger partial charge in [0.2, 0.25) is 11.7 Å². The van der Waals surface area contributed by atoms with Gasteiger partial charge in [0.1, 0.15) is 6.54 Å². The monoisotopic (exact) mass is 401 g/mol. The lowest BCUT2D eigenvalue weighted by molar-refractivity contribution is 0.0734. The Morgan fingerprint density at radius 1 is 1.14 bits per heavy atom. The van der Waals surface area contributed by atoms with Crippen molar-refractivity contribution < 1.29 is 18.8 Å². The van der Waals surface area contributed by atoms with Gasteiger partial charge in [-0.1, -0.05) is 28.9 Å². The van der Waals surface area contributed by atoms with Crippen LogP contribution in [0, 0.1) is 0 Å². The number of methoxy groups -OCH3 is 2. The first-order valence-electron chi connectivity index (χ1n) is 8.66. The predicted molar refractivity (Wildman–Crippen MR) is 105 cm³/mol. The van der Waals surface area contributed by atoms with Gasteiger partial charge in [0, 0.05) is 12.1 Å². The topological polar surface area (TPSA) is 77.7 Å². The highest BCUT2D eigenvalue weighted by Gasteiger charge is 2.20. The average molecular weight is 402 g/mol. The number of benzene rings is 2. The van der Waals surface area contributed by atoms with E-state index >= 15 is 0 Å². The minimum atomic E-state index is -0.195. The second-order valence-electron chi connectivity index (χ2n) is 5.88. The highest BCUT2D eigenvalue weighted by molar-refractivity contribution is 6.33. The van der Waals surface area contributed by atoms with E-state index in [0.29, 0.717) is 45.9 Å². The molecule has 28 heavy (non-hydrogen) atoms. The van der Waals surface area contributed by atoms with E-state index in [0.717, 1.165) is 0 Å². The van der Waals surface area contributed by atoms with E-state index in [4.69, 9.17) is 25.6 Å². The summed E-state index contributed by atoms with van der Waals surface area (Å²) in [7, 11) is 3.13. The summed E-state index contributed by atoms with van der Waals surface area (Å²) in [6.07, 6.45) is 0. The molecule has 0 aliphatic rings. The summed E-state index contributed by atoms with van der Waals surface area (Å²) in [5.41, 5.74) is 1.15. The van der Waals surface area contributed by atoms with Crippen LogP contribution in [-0.2, 0) is 6.54 Å². The van der Waals surface area contributed by atoms with Crippen molar-refractivity contribution in [1.82, 2.24) is 15.0 Å². The fourth-order valence-electron chi connectivity index (χ4n) is 2.71. The largest absolute Gasteiger partial charge is 0.493 e. The van der Waals surface area contributed by atoms with Crippen LogP contribution in [0.15, 0.2) is 47.0 Å². The molecule has 8 heteroatoms. The zero-order valence-corrected chi connectivity index (χ0v) is 16.6. The molecule has 1 aromatic heterocycles. The molecular weight excluding hydrogens is 382 g/mol. The molecule has 0 unspecified atom stereocenters. The summed E-state index contributed by atoms with van der Waals surface area (Å²) < 4.78 is 15.9. The summed E-state index contributed by atoms with van der Waals surface area (Å²) in [4.78, 5) is 18.7. The van der Waals surface area contributed by atoms with Gasteiger partial charge < -0.3 is 18.9 Å². The lowest BCUT2D eigenvalue weighted by Crippen LogP contribution is -2.30. The molecule has 0 N–H and O–H groups in total. The van der Waals surface area contributed by atoms with E-state index in [1.54, 1.807) is 55.5 Å². The van der Waals surface area contributed by atoms with Gasteiger partial charge in [-0.3, -0.25) is 4.79 Å². The predicted octanol–water partition coefficient (Wildman–Crippen LogP) is 4.07. The molecule has 0 aliphatic carbocycles. The Morgan fingerprint density at radius 3 is 2.57 bits per heavy atom. The zero-order valence-electron chi connectivity index (χ0n) is 15.8. The molecule has 1 heterocycles. The van der Waals surface area contributed by atoms with Crippen molar-refractivity contribution in [3.05, 3.63) is 58.9 Å². The van der Waals surface area contributed by atoms with Crippen molar-refractivity contribution in [1.29, 1.82) is 0 Å². The second-order valence-corrected chi connectivity index (χ2v) is 6.29. The van der Waals surface area contributed by atoms with E-state index in [1.807, 2.05) is 13.0 Å². The highest BCUT2D eigenvalue weighted by Crippen LogP contribution is 2.31. The molecule has 0 saturated heterocycles. The number of carbonyl (C=O) groups excluding carboxylic acids is 1.